The summed E-state index contributed by atoms with van der Waals surface area (Å²) in [7, 11) is 0. The molecule has 4 rings (SSSR count). The highest BCUT2D eigenvalue weighted by Gasteiger charge is 2.19. The number of nitrogens with one attached hydrogen (secondary N) is 1. The van der Waals surface area contributed by atoms with Gasteiger partial charge >= 0.3 is 0 Å². The summed E-state index contributed by atoms with van der Waals surface area (Å²) in [6, 6.07) is 23.9. The average Bonchev–Trinajstić information content (AvgIpc) is 2.69. The molecule has 1 N–H and O–H groups in total. The van der Waals surface area contributed by atoms with Crippen LogP contribution in [0.2, 0.25) is 0 Å². The zero-order chi connectivity index (χ0) is 17.8. The van der Waals surface area contributed by atoms with Crippen molar-refractivity contribution in [2.45, 2.75) is 13.5 Å². The highest BCUT2D eigenvalue weighted by Crippen LogP contribution is 2.17. The van der Waals surface area contributed by atoms with Crippen LogP contribution in [0.25, 0.3) is 10.8 Å². The molecule has 1 aliphatic heterocycles. The van der Waals surface area contributed by atoms with Crippen LogP contribution >= 0.6 is 0 Å². The Bertz CT molecular complexity index is 885. The molecule has 0 atom stereocenters. The molecule has 0 amide bonds. The highest BCUT2D eigenvalue weighted by molar-refractivity contribution is 5.85. The minimum absolute atomic E-state index is 1.02. The van der Waals surface area contributed by atoms with E-state index in [1.165, 1.54) is 27.5 Å². The molecule has 3 heteroatoms. The van der Waals surface area contributed by atoms with Crippen molar-refractivity contribution in [2.75, 3.05) is 26.2 Å². The molecule has 3 aromatic rings. The summed E-state index contributed by atoms with van der Waals surface area (Å²) in [4.78, 5) is 1.64. The maximum Gasteiger partial charge on any atom is 0.104 e. The lowest BCUT2D eigenvalue weighted by Gasteiger charge is -2.30. The van der Waals surface area contributed by atoms with Crippen molar-refractivity contribution in [2.24, 2.45) is 5.10 Å². The van der Waals surface area contributed by atoms with Gasteiger partial charge in [-0.05, 0) is 23.3 Å². The van der Waals surface area contributed by atoms with Crippen molar-refractivity contribution in [3.05, 3.63) is 83.4 Å². The molecule has 0 unspecified atom stereocenters. The van der Waals surface area contributed by atoms with Crippen LogP contribution < -0.4 is 4.90 Å². The Labute approximate surface area is 155 Å². The number of aryl methyl sites for hydroxylation is 1. The Hall–Kier alpha value is -2.65. The predicted molar refractivity (Wildman–Crippen MR) is 109 cm³/mol. The molecular formula is C23H26N3+. The van der Waals surface area contributed by atoms with E-state index in [-0.39, 0.29) is 0 Å². The van der Waals surface area contributed by atoms with Gasteiger partial charge in [0.05, 0.1) is 32.4 Å². The van der Waals surface area contributed by atoms with E-state index in [4.69, 9.17) is 0 Å². The number of hydrazone groups is 1. The summed E-state index contributed by atoms with van der Waals surface area (Å²) in [5.41, 5.74) is 3.91. The minimum atomic E-state index is 1.02. The first-order valence-electron chi connectivity index (χ1n) is 9.44. The van der Waals surface area contributed by atoms with Crippen molar-refractivity contribution in [1.82, 2.24) is 5.01 Å². The zero-order valence-corrected chi connectivity index (χ0v) is 15.4. The van der Waals surface area contributed by atoms with Gasteiger partial charge in [0.15, 0.2) is 0 Å². The van der Waals surface area contributed by atoms with Gasteiger partial charge in [0, 0.05) is 5.56 Å². The molecule has 3 aromatic carbocycles. The van der Waals surface area contributed by atoms with Gasteiger partial charge in [0.2, 0.25) is 0 Å². The van der Waals surface area contributed by atoms with Crippen molar-refractivity contribution in [1.29, 1.82) is 0 Å². The standard InChI is InChI=1S/C23H25N3/c1-19-9-11-20(12-10-19)17-24-26-15-13-25(14-16-26)18-22-7-4-6-21-5-2-3-8-23(21)22/h2-12,17H,13-16,18H2,1H3/p+1. The van der Waals surface area contributed by atoms with Gasteiger partial charge < -0.3 is 4.90 Å². The van der Waals surface area contributed by atoms with E-state index in [0.717, 1.165) is 32.7 Å². The van der Waals surface area contributed by atoms with Crippen molar-refractivity contribution >= 4 is 17.0 Å². The van der Waals surface area contributed by atoms with Gasteiger partial charge in [0.25, 0.3) is 0 Å². The molecule has 1 saturated heterocycles. The SMILES string of the molecule is Cc1ccc(C=NN2CC[NH+](Cc3cccc4ccccc34)CC2)cc1. The first kappa shape index (κ1) is 16.8. The molecule has 1 aliphatic rings. The Morgan fingerprint density at radius 1 is 0.923 bits per heavy atom. The number of piperazine rings is 1. The van der Waals surface area contributed by atoms with Crippen molar-refractivity contribution in [3.63, 3.8) is 0 Å². The number of quaternary nitrogens is 1. The molecule has 0 spiro atoms. The molecule has 0 saturated carbocycles. The average molecular weight is 344 g/mol. The van der Waals surface area contributed by atoms with Gasteiger partial charge in [0.1, 0.15) is 6.54 Å². The zero-order valence-electron chi connectivity index (χ0n) is 15.4. The van der Waals surface area contributed by atoms with Crippen LogP contribution in [0.4, 0.5) is 0 Å². The van der Waals surface area contributed by atoms with Gasteiger partial charge in [-0.3, -0.25) is 5.01 Å². The fourth-order valence-corrected chi connectivity index (χ4v) is 3.62. The Morgan fingerprint density at radius 2 is 1.65 bits per heavy atom. The summed E-state index contributed by atoms with van der Waals surface area (Å²) >= 11 is 0. The molecule has 1 heterocycles. The third-order valence-corrected chi connectivity index (χ3v) is 5.21. The van der Waals surface area contributed by atoms with E-state index in [9.17, 15) is 0 Å². The van der Waals surface area contributed by atoms with Crippen molar-refractivity contribution < 1.29 is 4.90 Å². The van der Waals surface area contributed by atoms with Gasteiger partial charge in [-0.2, -0.15) is 5.10 Å². The van der Waals surface area contributed by atoms with Crippen LogP contribution in [0.15, 0.2) is 71.8 Å². The van der Waals surface area contributed by atoms with Crippen molar-refractivity contribution in [3.8, 4) is 0 Å². The highest BCUT2D eigenvalue weighted by atomic mass is 15.5. The number of hydrogen-bond acceptors (Lipinski definition) is 2. The second kappa shape index (κ2) is 7.71. The van der Waals surface area contributed by atoms with Gasteiger partial charge in [-0.25, -0.2) is 0 Å². The molecule has 1 fully saturated rings. The summed E-state index contributed by atoms with van der Waals surface area (Å²) in [5, 5.41) is 9.60. The topological polar surface area (TPSA) is 20.0 Å². The van der Waals surface area contributed by atoms with Crippen LogP contribution in [0.3, 0.4) is 0 Å². The number of benzene rings is 3. The molecule has 3 nitrogen and oxygen atoms in total. The lowest BCUT2D eigenvalue weighted by Crippen LogP contribution is -3.13. The van der Waals surface area contributed by atoms with Gasteiger partial charge in [-0.1, -0.05) is 72.3 Å². The third-order valence-electron chi connectivity index (χ3n) is 5.21. The molecule has 26 heavy (non-hydrogen) atoms. The Morgan fingerprint density at radius 3 is 2.46 bits per heavy atom. The quantitative estimate of drug-likeness (QED) is 0.722. The summed E-state index contributed by atoms with van der Waals surface area (Å²) < 4.78 is 0. The first-order chi connectivity index (χ1) is 12.8. The second-order valence-electron chi connectivity index (χ2n) is 7.17. The maximum absolute atomic E-state index is 4.67. The fourth-order valence-electron chi connectivity index (χ4n) is 3.62. The second-order valence-corrected chi connectivity index (χ2v) is 7.17. The largest absolute Gasteiger partial charge is 0.328 e. The fraction of sp³-hybridized carbons (Fsp3) is 0.261. The van der Waals surface area contributed by atoms with E-state index < -0.39 is 0 Å². The summed E-state index contributed by atoms with van der Waals surface area (Å²) in [6.07, 6.45) is 1.98. The first-order valence-corrected chi connectivity index (χ1v) is 9.44. The van der Waals surface area contributed by atoms with E-state index >= 15 is 0 Å². The summed E-state index contributed by atoms with van der Waals surface area (Å²) in [5.74, 6) is 0. The predicted octanol–water partition coefficient (Wildman–Crippen LogP) is 2.88. The third kappa shape index (κ3) is 3.94. The number of hydrogen-bond donors (Lipinski definition) is 1. The number of fused-ring (bicyclic) bond motifs is 1. The van der Waals surface area contributed by atoms with Crippen LogP contribution in [0.5, 0.6) is 0 Å². The lowest BCUT2D eigenvalue weighted by atomic mass is 10.0. The molecule has 0 bridgehead atoms. The summed E-state index contributed by atoms with van der Waals surface area (Å²) in [6.45, 7) is 7.50. The molecule has 132 valence electrons. The van der Waals surface area contributed by atoms with Crippen LogP contribution in [-0.2, 0) is 6.54 Å². The number of nitrogens with zero attached hydrogens (tertiary/aromatic N) is 2. The van der Waals surface area contributed by atoms with E-state index in [1.807, 2.05) is 6.21 Å². The Balaban J connectivity index is 1.35. The maximum atomic E-state index is 4.67. The minimum Gasteiger partial charge on any atom is -0.328 e. The lowest BCUT2D eigenvalue weighted by molar-refractivity contribution is -0.918. The van der Waals surface area contributed by atoms with E-state index in [2.05, 4.69) is 83.8 Å². The monoisotopic (exact) mass is 344 g/mol. The van der Waals surface area contributed by atoms with Crippen LogP contribution in [0, 0.1) is 6.92 Å². The van der Waals surface area contributed by atoms with Gasteiger partial charge in [-0.15, -0.1) is 0 Å². The molecular weight excluding hydrogens is 318 g/mol. The van der Waals surface area contributed by atoms with Crippen LogP contribution in [-0.4, -0.2) is 37.4 Å². The molecule has 0 radical (unpaired) electrons. The molecule has 0 aliphatic carbocycles. The molecule has 0 aromatic heterocycles. The Kier molecular flexibility index (Phi) is 4.98. The number of rotatable bonds is 4. The smallest absolute Gasteiger partial charge is 0.104 e. The normalized spacial score (nSPS) is 15.8. The van der Waals surface area contributed by atoms with E-state index in [0.29, 0.717) is 0 Å². The van der Waals surface area contributed by atoms with Crippen LogP contribution in [0.1, 0.15) is 16.7 Å². The van der Waals surface area contributed by atoms with E-state index in [1.54, 1.807) is 4.90 Å².